The van der Waals surface area contributed by atoms with E-state index in [0.29, 0.717) is 16.6 Å². The van der Waals surface area contributed by atoms with Crippen LogP contribution in [-0.4, -0.2) is 28.9 Å². The van der Waals surface area contributed by atoms with Gasteiger partial charge >= 0.3 is 5.97 Å². The van der Waals surface area contributed by atoms with E-state index in [-0.39, 0.29) is 12.6 Å². The molecule has 0 aliphatic heterocycles. The summed E-state index contributed by atoms with van der Waals surface area (Å²) in [5.41, 5.74) is 0.147. The topological polar surface area (TPSA) is 73.2 Å². The number of esters is 1. The molecule has 0 bridgehead atoms. The van der Waals surface area contributed by atoms with Crippen LogP contribution in [0.2, 0.25) is 0 Å². The number of ether oxygens (including phenoxy) is 1. The highest BCUT2D eigenvalue weighted by molar-refractivity contribution is 9.10. The summed E-state index contributed by atoms with van der Waals surface area (Å²) in [4.78, 5) is 23.2. The number of rotatable bonds is 6. The molecule has 1 atom stereocenters. The molecular weight excluding hydrogens is 326 g/mol. The second-order valence-electron chi connectivity index (χ2n) is 4.07. The van der Waals surface area contributed by atoms with E-state index in [1.165, 1.54) is 13.3 Å². The van der Waals surface area contributed by atoms with Crippen LogP contribution in [0.15, 0.2) is 15.5 Å². The van der Waals surface area contributed by atoms with Gasteiger partial charge in [0, 0.05) is 12.5 Å². The first-order valence-electron chi connectivity index (χ1n) is 6.05. The van der Waals surface area contributed by atoms with Gasteiger partial charge in [-0.3, -0.25) is 9.59 Å². The first-order chi connectivity index (χ1) is 9.53. The van der Waals surface area contributed by atoms with Crippen LogP contribution in [0.25, 0.3) is 0 Å². The fraction of sp³-hybridized carbons (Fsp3) is 0.462. The van der Waals surface area contributed by atoms with Crippen molar-refractivity contribution in [3.63, 3.8) is 0 Å². The van der Waals surface area contributed by atoms with Crippen molar-refractivity contribution in [3.8, 4) is 12.3 Å². The molecule has 1 aromatic rings. The Labute approximate surface area is 125 Å². The van der Waals surface area contributed by atoms with E-state index in [0.717, 1.165) is 11.1 Å². The van der Waals surface area contributed by atoms with Crippen molar-refractivity contribution in [2.75, 3.05) is 12.4 Å². The van der Waals surface area contributed by atoms with Gasteiger partial charge in [-0.2, -0.15) is 5.10 Å². The van der Waals surface area contributed by atoms with Gasteiger partial charge in [0.05, 0.1) is 19.0 Å². The molecule has 0 saturated heterocycles. The van der Waals surface area contributed by atoms with E-state index >= 15 is 0 Å². The van der Waals surface area contributed by atoms with Crippen LogP contribution in [-0.2, 0) is 16.1 Å². The zero-order valence-electron chi connectivity index (χ0n) is 11.4. The molecule has 1 N–H and O–H groups in total. The molecule has 1 aromatic heterocycles. The van der Waals surface area contributed by atoms with Crippen LogP contribution >= 0.6 is 15.9 Å². The van der Waals surface area contributed by atoms with Crippen molar-refractivity contribution in [1.82, 2.24) is 9.78 Å². The Morgan fingerprint density at radius 1 is 1.70 bits per heavy atom. The number of terminal acetylenes is 1. The predicted molar refractivity (Wildman–Crippen MR) is 79.4 cm³/mol. The minimum atomic E-state index is -0.536. The largest absolute Gasteiger partial charge is 0.468 e. The first-order valence-corrected chi connectivity index (χ1v) is 6.85. The lowest BCUT2D eigenvalue weighted by Gasteiger charge is -2.16. The number of hydrogen-bond acceptors (Lipinski definition) is 5. The Hall–Kier alpha value is -1.81. The van der Waals surface area contributed by atoms with E-state index < -0.39 is 11.5 Å². The van der Waals surface area contributed by atoms with Crippen LogP contribution in [0.1, 0.15) is 19.8 Å². The SMILES string of the molecule is C#CCC(CC)Nc1cnn(CC(=O)OC)c(=O)c1Br. The predicted octanol–water partition coefficient (Wildman–Crippen LogP) is 1.39. The number of hydrogen-bond donors (Lipinski definition) is 1. The summed E-state index contributed by atoms with van der Waals surface area (Å²) in [5.74, 6) is 2.04. The Balaban J connectivity index is 2.97. The van der Waals surface area contributed by atoms with E-state index in [4.69, 9.17) is 6.42 Å². The maximum atomic E-state index is 12.0. The summed E-state index contributed by atoms with van der Waals surface area (Å²) in [5, 5.41) is 7.09. The number of carbonyl (C=O) groups excluding carboxylic acids is 1. The fourth-order valence-electron chi connectivity index (χ4n) is 1.52. The van der Waals surface area contributed by atoms with Gasteiger partial charge in [0.1, 0.15) is 11.0 Å². The summed E-state index contributed by atoms with van der Waals surface area (Å²) in [6.45, 7) is 1.77. The molecule has 1 rings (SSSR count). The number of nitrogens with zero attached hydrogens (tertiary/aromatic N) is 2. The van der Waals surface area contributed by atoms with Gasteiger partial charge < -0.3 is 10.1 Å². The van der Waals surface area contributed by atoms with Crippen molar-refractivity contribution >= 4 is 27.6 Å². The lowest BCUT2D eigenvalue weighted by molar-refractivity contribution is -0.141. The lowest BCUT2D eigenvalue weighted by atomic mass is 10.1. The average Bonchev–Trinajstić information content (AvgIpc) is 2.45. The smallest absolute Gasteiger partial charge is 0.327 e. The monoisotopic (exact) mass is 341 g/mol. The van der Waals surface area contributed by atoms with Gasteiger partial charge in [0.2, 0.25) is 0 Å². The molecule has 1 unspecified atom stereocenters. The molecule has 7 heteroatoms. The normalized spacial score (nSPS) is 11.5. The van der Waals surface area contributed by atoms with Crippen LogP contribution in [0.4, 0.5) is 5.69 Å². The third-order valence-electron chi connectivity index (χ3n) is 2.71. The summed E-state index contributed by atoms with van der Waals surface area (Å²) in [6, 6.07) is 0.0638. The van der Waals surface area contributed by atoms with Crippen molar-refractivity contribution < 1.29 is 9.53 Å². The molecule has 0 amide bonds. The number of halogens is 1. The van der Waals surface area contributed by atoms with Crippen molar-refractivity contribution in [2.24, 2.45) is 0 Å². The van der Waals surface area contributed by atoms with E-state index in [9.17, 15) is 9.59 Å². The summed E-state index contributed by atoms with van der Waals surface area (Å²) >= 11 is 3.21. The van der Waals surface area contributed by atoms with Gasteiger partial charge in [-0.05, 0) is 22.4 Å². The number of methoxy groups -OCH3 is 1. The highest BCUT2D eigenvalue weighted by Gasteiger charge is 2.13. The molecule has 6 nitrogen and oxygen atoms in total. The van der Waals surface area contributed by atoms with Crippen LogP contribution in [0, 0.1) is 12.3 Å². The van der Waals surface area contributed by atoms with Crippen molar-refractivity contribution in [1.29, 1.82) is 0 Å². The average molecular weight is 342 g/mol. The second kappa shape index (κ2) is 7.70. The van der Waals surface area contributed by atoms with Crippen LogP contribution < -0.4 is 10.9 Å². The molecule has 1 heterocycles. The van der Waals surface area contributed by atoms with Crippen molar-refractivity contribution in [3.05, 3.63) is 21.0 Å². The van der Waals surface area contributed by atoms with Crippen LogP contribution in [0.5, 0.6) is 0 Å². The molecule has 0 radical (unpaired) electrons. The highest BCUT2D eigenvalue weighted by Crippen LogP contribution is 2.18. The molecular formula is C13H16BrN3O3. The third kappa shape index (κ3) is 4.10. The fourth-order valence-corrected chi connectivity index (χ4v) is 1.95. The number of carbonyl (C=O) groups is 1. The van der Waals surface area contributed by atoms with Gasteiger partial charge in [0.25, 0.3) is 5.56 Å². The maximum absolute atomic E-state index is 12.0. The van der Waals surface area contributed by atoms with Gasteiger partial charge in [0.15, 0.2) is 0 Å². The zero-order chi connectivity index (χ0) is 15.1. The van der Waals surface area contributed by atoms with Gasteiger partial charge in [-0.15, -0.1) is 12.3 Å². The summed E-state index contributed by atoms with van der Waals surface area (Å²) in [6.07, 6.45) is 8.14. The van der Waals surface area contributed by atoms with E-state index in [2.05, 4.69) is 37.0 Å². The van der Waals surface area contributed by atoms with E-state index in [1.54, 1.807) is 0 Å². The van der Waals surface area contributed by atoms with Gasteiger partial charge in [-0.1, -0.05) is 6.92 Å². The lowest BCUT2D eigenvalue weighted by Crippen LogP contribution is -2.29. The molecule has 0 fully saturated rings. The maximum Gasteiger partial charge on any atom is 0.327 e. The molecule has 108 valence electrons. The Morgan fingerprint density at radius 3 is 2.95 bits per heavy atom. The Bertz CT molecular complexity index is 577. The molecule has 0 aliphatic carbocycles. The number of aromatic nitrogens is 2. The molecule has 0 aromatic carbocycles. The minimum Gasteiger partial charge on any atom is -0.468 e. The number of anilines is 1. The molecule has 0 aliphatic rings. The molecule has 20 heavy (non-hydrogen) atoms. The second-order valence-corrected chi connectivity index (χ2v) is 4.86. The van der Waals surface area contributed by atoms with Crippen LogP contribution in [0.3, 0.4) is 0 Å². The zero-order valence-corrected chi connectivity index (χ0v) is 12.9. The Kier molecular flexibility index (Phi) is 6.25. The quantitative estimate of drug-likeness (QED) is 0.625. The van der Waals surface area contributed by atoms with E-state index in [1.807, 2.05) is 6.92 Å². The summed E-state index contributed by atoms with van der Waals surface area (Å²) < 4.78 is 5.84. The molecule has 0 saturated carbocycles. The third-order valence-corrected chi connectivity index (χ3v) is 3.47. The first kappa shape index (κ1) is 16.2. The molecule has 0 spiro atoms. The number of nitrogens with one attached hydrogen (secondary N) is 1. The minimum absolute atomic E-state index is 0.0638. The highest BCUT2D eigenvalue weighted by atomic mass is 79.9. The standard InChI is InChI=1S/C13H16BrN3O3/c1-4-6-9(5-2)16-10-7-15-17(8-11(18)20-3)13(19)12(10)14/h1,7,9,16H,5-6,8H2,2-3H3. The van der Waals surface area contributed by atoms with Crippen molar-refractivity contribution in [2.45, 2.75) is 32.4 Å². The summed E-state index contributed by atoms with van der Waals surface area (Å²) in [7, 11) is 1.25. The van der Waals surface area contributed by atoms with Gasteiger partial charge in [-0.25, -0.2) is 4.68 Å². The Morgan fingerprint density at radius 2 is 2.40 bits per heavy atom.